The molecule has 0 aliphatic carbocycles. The van der Waals surface area contributed by atoms with Crippen LogP contribution in [0.25, 0.3) is 0 Å². The van der Waals surface area contributed by atoms with E-state index in [1.807, 2.05) is 6.92 Å². The summed E-state index contributed by atoms with van der Waals surface area (Å²) in [7, 11) is 1.61. The predicted octanol–water partition coefficient (Wildman–Crippen LogP) is 1.82. The Hall–Kier alpha value is -0.940. The van der Waals surface area contributed by atoms with Gasteiger partial charge in [0.25, 0.3) is 0 Å². The largest absolute Gasteiger partial charge is 0.374 e. The van der Waals surface area contributed by atoms with Gasteiger partial charge in [-0.05, 0) is 12.8 Å². The van der Waals surface area contributed by atoms with Gasteiger partial charge in [0.1, 0.15) is 6.10 Å². The van der Waals surface area contributed by atoms with Crippen molar-refractivity contribution in [1.82, 2.24) is 10.1 Å². The fraction of sp³-hybridized carbons (Fsp3) is 0.800. The molecule has 0 fully saturated rings. The van der Waals surface area contributed by atoms with Crippen LogP contribution in [0.5, 0.6) is 0 Å². The second-order valence-corrected chi connectivity index (χ2v) is 3.78. The summed E-state index contributed by atoms with van der Waals surface area (Å²) < 4.78 is 10.2. The molecule has 1 aromatic heterocycles. The number of aromatic nitrogens is 2. The van der Waals surface area contributed by atoms with Crippen molar-refractivity contribution in [3.63, 3.8) is 0 Å². The van der Waals surface area contributed by atoms with Crippen molar-refractivity contribution in [2.75, 3.05) is 7.11 Å². The summed E-state index contributed by atoms with van der Waals surface area (Å²) in [5, 5.41) is 3.83. The van der Waals surface area contributed by atoms with Crippen LogP contribution in [0.15, 0.2) is 4.52 Å². The zero-order chi connectivity index (χ0) is 11.4. The number of rotatable bonds is 5. The molecule has 0 saturated heterocycles. The SMILES string of the molecule is CCC(C)C(N)c1nc(C(C)OC)no1. The highest BCUT2D eigenvalue weighted by atomic mass is 16.5. The first kappa shape index (κ1) is 12.1. The van der Waals surface area contributed by atoms with E-state index in [0.717, 1.165) is 6.42 Å². The lowest BCUT2D eigenvalue weighted by Crippen LogP contribution is -2.19. The number of methoxy groups -OCH3 is 1. The zero-order valence-corrected chi connectivity index (χ0v) is 9.73. The Balaban J connectivity index is 2.75. The van der Waals surface area contributed by atoms with Gasteiger partial charge in [0.05, 0.1) is 6.04 Å². The number of nitrogens with two attached hydrogens (primary N) is 1. The first-order chi connectivity index (χ1) is 7.10. The molecule has 0 aliphatic heterocycles. The van der Waals surface area contributed by atoms with E-state index in [0.29, 0.717) is 17.6 Å². The molecule has 3 atom stereocenters. The fourth-order valence-corrected chi connectivity index (χ4v) is 1.15. The summed E-state index contributed by atoms with van der Waals surface area (Å²) in [4.78, 5) is 4.22. The van der Waals surface area contributed by atoms with Gasteiger partial charge in [-0.1, -0.05) is 25.4 Å². The van der Waals surface area contributed by atoms with E-state index in [-0.39, 0.29) is 12.1 Å². The third kappa shape index (κ3) is 2.76. The van der Waals surface area contributed by atoms with Crippen molar-refractivity contribution in [3.8, 4) is 0 Å². The molecule has 3 unspecified atom stereocenters. The van der Waals surface area contributed by atoms with E-state index in [4.69, 9.17) is 15.0 Å². The molecule has 0 saturated carbocycles. The lowest BCUT2D eigenvalue weighted by molar-refractivity contribution is 0.109. The molecule has 0 spiro atoms. The molecule has 1 rings (SSSR count). The first-order valence-electron chi connectivity index (χ1n) is 5.22. The van der Waals surface area contributed by atoms with Gasteiger partial charge in [0.2, 0.25) is 5.89 Å². The van der Waals surface area contributed by atoms with Gasteiger partial charge >= 0.3 is 0 Å². The Morgan fingerprint density at radius 2 is 2.13 bits per heavy atom. The van der Waals surface area contributed by atoms with Crippen molar-refractivity contribution in [1.29, 1.82) is 0 Å². The average Bonchev–Trinajstić information content (AvgIpc) is 2.75. The normalized spacial score (nSPS) is 17.4. The van der Waals surface area contributed by atoms with E-state index in [1.54, 1.807) is 7.11 Å². The molecule has 0 aromatic carbocycles. The molecular weight excluding hydrogens is 194 g/mol. The lowest BCUT2D eigenvalue weighted by Gasteiger charge is -2.13. The van der Waals surface area contributed by atoms with Gasteiger partial charge in [0.15, 0.2) is 5.82 Å². The third-order valence-corrected chi connectivity index (χ3v) is 2.72. The molecule has 5 heteroatoms. The van der Waals surface area contributed by atoms with E-state index in [2.05, 4.69) is 24.0 Å². The maximum atomic E-state index is 5.97. The fourth-order valence-electron chi connectivity index (χ4n) is 1.15. The minimum atomic E-state index is -0.194. The molecular formula is C10H19N3O2. The molecule has 0 aliphatic rings. The molecule has 0 radical (unpaired) electrons. The number of nitrogens with zero attached hydrogens (tertiary/aromatic N) is 2. The van der Waals surface area contributed by atoms with Crippen LogP contribution in [0.1, 0.15) is 51.1 Å². The lowest BCUT2D eigenvalue weighted by atomic mass is 10.0. The standard InChI is InChI=1S/C10H19N3O2/c1-5-6(2)8(11)10-12-9(13-15-10)7(3)14-4/h6-8H,5,11H2,1-4H3. The van der Waals surface area contributed by atoms with Crippen molar-refractivity contribution < 1.29 is 9.26 Å². The highest BCUT2D eigenvalue weighted by molar-refractivity contribution is 4.95. The van der Waals surface area contributed by atoms with Gasteiger partial charge in [-0.15, -0.1) is 0 Å². The molecule has 1 aromatic rings. The van der Waals surface area contributed by atoms with Crippen LogP contribution in [0.3, 0.4) is 0 Å². The second-order valence-electron chi connectivity index (χ2n) is 3.78. The summed E-state index contributed by atoms with van der Waals surface area (Å²) in [6.45, 7) is 6.01. The Bertz CT molecular complexity index is 301. The molecule has 2 N–H and O–H groups in total. The Kier molecular flexibility index (Phi) is 4.23. The van der Waals surface area contributed by atoms with E-state index >= 15 is 0 Å². The van der Waals surface area contributed by atoms with Crippen LogP contribution in [0.2, 0.25) is 0 Å². The predicted molar refractivity (Wildman–Crippen MR) is 56.1 cm³/mol. The van der Waals surface area contributed by atoms with Gasteiger partial charge in [-0.2, -0.15) is 4.98 Å². The average molecular weight is 213 g/mol. The number of hydrogen-bond donors (Lipinski definition) is 1. The summed E-state index contributed by atoms with van der Waals surface area (Å²) >= 11 is 0. The molecule has 0 amide bonds. The number of hydrogen-bond acceptors (Lipinski definition) is 5. The minimum absolute atomic E-state index is 0.161. The van der Waals surface area contributed by atoms with Crippen LogP contribution >= 0.6 is 0 Å². The van der Waals surface area contributed by atoms with Gasteiger partial charge < -0.3 is 15.0 Å². The monoisotopic (exact) mass is 213 g/mol. The molecule has 0 bridgehead atoms. The smallest absolute Gasteiger partial charge is 0.243 e. The highest BCUT2D eigenvalue weighted by Gasteiger charge is 2.21. The molecule has 5 nitrogen and oxygen atoms in total. The summed E-state index contributed by atoms with van der Waals surface area (Å²) in [5.74, 6) is 1.37. The first-order valence-corrected chi connectivity index (χ1v) is 5.22. The maximum Gasteiger partial charge on any atom is 0.243 e. The van der Waals surface area contributed by atoms with E-state index < -0.39 is 0 Å². The van der Waals surface area contributed by atoms with Crippen molar-refractivity contribution in [3.05, 3.63) is 11.7 Å². The summed E-state index contributed by atoms with van der Waals surface area (Å²) in [6.07, 6.45) is 0.824. The van der Waals surface area contributed by atoms with Crippen LogP contribution in [0.4, 0.5) is 0 Å². The van der Waals surface area contributed by atoms with Crippen molar-refractivity contribution in [2.24, 2.45) is 11.7 Å². The van der Waals surface area contributed by atoms with Crippen molar-refractivity contribution in [2.45, 2.75) is 39.3 Å². The van der Waals surface area contributed by atoms with Gasteiger partial charge in [-0.3, -0.25) is 0 Å². The van der Waals surface area contributed by atoms with Crippen LogP contribution in [-0.2, 0) is 4.74 Å². The van der Waals surface area contributed by atoms with Gasteiger partial charge in [0, 0.05) is 7.11 Å². The zero-order valence-electron chi connectivity index (χ0n) is 9.73. The van der Waals surface area contributed by atoms with E-state index in [9.17, 15) is 0 Å². The third-order valence-electron chi connectivity index (χ3n) is 2.72. The maximum absolute atomic E-state index is 5.97. The molecule has 1 heterocycles. The topological polar surface area (TPSA) is 74.2 Å². The Labute approximate surface area is 90.0 Å². The van der Waals surface area contributed by atoms with Crippen LogP contribution < -0.4 is 5.73 Å². The van der Waals surface area contributed by atoms with Crippen molar-refractivity contribution >= 4 is 0 Å². The Morgan fingerprint density at radius 3 is 2.67 bits per heavy atom. The van der Waals surface area contributed by atoms with Crippen LogP contribution in [0, 0.1) is 5.92 Å². The molecule has 15 heavy (non-hydrogen) atoms. The highest BCUT2D eigenvalue weighted by Crippen LogP contribution is 2.21. The molecule has 86 valence electrons. The summed E-state index contributed by atoms with van der Waals surface area (Å²) in [6, 6.07) is -0.194. The Morgan fingerprint density at radius 1 is 1.47 bits per heavy atom. The van der Waals surface area contributed by atoms with Gasteiger partial charge in [-0.25, -0.2) is 0 Å². The second kappa shape index (κ2) is 5.23. The number of ether oxygens (including phenoxy) is 1. The summed E-state index contributed by atoms with van der Waals surface area (Å²) in [5.41, 5.74) is 5.97. The minimum Gasteiger partial charge on any atom is -0.374 e. The van der Waals surface area contributed by atoms with E-state index in [1.165, 1.54) is 0 Å². The quantitative estimate of drug-likeness (QED) is 0.807. The van der Waals surface area contributed by atoms with Crippen LogP contribution in [-0.4, -0.2) is 17.3 Å².